The van der Waals surface area contributed by atoms with Crippen LogP contribution >= 0.6 is 0 Å². The number of rotatable bonds is 5. The Labute approximate surface area is 168 Å². The van der Waals surface area contributed by atoms with Crippen LogP contribution in [-0.2, 0) is 6.42 Å². The zero-order valence-electron chi connectivity index (χ0n) is 16.7. The van der Waals surface area contributed by atoms with E-state index in [0.717, 1.165) is 56.8 Å². The van der Waals surface area contributed by atoms with Crippen molar-refractivity contribution in [3.05, 3.63) is 59.8 Å². The number of piperidine rings is 2. The Kier molecular flexibility index (Phi) is 6.25. The number of carbonyl (C=O) groups excluding carboxylic acids is 1. The van der Waals surface area contributed by atoms with Crippen LogP contribution in [0.5, 0.6) is 0 Å². The predicted octanol–water partition coefficient (Wildman–Crippen LogP) is 4.56. The molecule has 148 valence electrons. The fourth-order valence-corrected chi connectivity index (χ4v) is 4.50. The minimum atomic E-state index is 0.137. The van der Waals surface area contributed by atoms with Gasteiger partial charge in [0, 0.05) is 32.4 Å². The number of anilines is 1. The van der Waals surface area contributed by atoms with Gasteiger partial charge in [0.1, 0.15) is 5.82 Å². The van der Waals surface area contributed by atoms with Gasteiger partial charge < -0.3 is 9.80 Å². The summed E-state index contributed by atoms with van der Waals surface area (Å²) in [6, 6.07) is 14.8. The zero-order valence-corrected chi connectivity index (χ0v) is 16.7. The van der Waals surface area contributed by atoms with E-state index in [0.29, 0.717) is 5.92 Å². The van der Waals surface area contributed by atoms with E-state index in [1.807, 2.05) is 17.0 Å². The first-order valence-electron chi connectivity index (χ1n) is 10.8. The summed E-state index contributed by atoms with van der Waals surface area (Å²) in [6.45, 7) is 3.90. The maximum atomic E-state index is 12.6. The second-order valence-corrected chi connectivity index (χ2v) is 8.24. The van der Waals surface area contributed by atoms with Crippen molar-refractivity contribution >= 4 is 11.7 Å². The second kappa shape index (κ2) is 9.22. The molecule has 2 aromatic rings. The summed E-state index contributed by atoms with van der Waals surface area (Å²) in [4.78, 5) is 21.7. The Morgan fingerprint density at radius 1 is 0.964 bits per heavy atom. The molecule has 1 amide bonds. The number of carbonyl (C=O) groups is 1. The Hall–Kier alpha value is -2.36. The molecule has 1 atom stereocenters. The van der Waals surface area contributed by atoms with Gasteiger partial charge in [0.15, 0.2) is 0 Å². The Balaban J connectivity index is 1.33. The Morgan fingerprint density at radius 2 is 1.79 bits per heavy atom. The fraction of sp³-hybridized carbons (Fsp3) is 0.500. The lowest BCUT2D eigenvalue weighted by molar-refractivity contribution is 0.0724. The van der Waals surface area contributed by atoms with Gasteiger partial charge >= 0.3 is 0 Å². The highest BCUT2D eigenvalue weighted by Crippen LogP contribution is 2.25. The molecule has 0 N–H and O–H groups in total. The lowest BCUT2D eigenvalue weighted by Gasteiger charge is -2.34. The minimum Gasteiger partial charge on any atom is -0.356 e. The molecular weight excluding hydrogens is 346 g/mol. The van der Waals surface area contributed by atoms with Gasteiger partial charge in [-0.05, 0) is 68.6 Å². The predicted molar refractivity (Wildman–Crippen MR) is 114 cm³/mol. The molecule has 0 radical (unpaired) electrons. The molecule has 4 nitrogen and oxygen atoms in total. The second-order valence-electron chi connectivity index (χ2n) is 8.24. The highest BCUT2D eigenvalue weighted by molar-refractivity contribution is 5.94. The molecule has 0 bridgehead atoms. The summed E-state index contributed by atoms with van der Waals surface area (Å²) < 4.78 is 0. The smallest absolute Gasteiger partial charge is 0.255 e. The third-order valence-electron chi connectivity index (χ3n) is 6.17. The van der Waals surface area contributed by atoms with Gasteiger partial charge in [0.2, 0.25) is 0 Å². The number of nitrogens with zero attached hydrogens (tertiary/aromatic N) is 3. The summed E-state index contributed by atoms with van der Waals surface area (Å²) in [5.74, 6) is 1.86. The fourth-order valence-electron chi connectivity index (χ4n) is 4.50. The SMILES string of the molecule is O=C(c1ccc(N2CCC[C@H](CCc3ccccc3)C2)nc1)N1CCCCC1. The van der Waals surface area contributed by atoms with Crippen LogP contribution in [0, 0.1) is 5.92 Å². The van der Waals surface area contributed by atoms with Crippen LogP contribution in [0.2, 0.25) is 0 Å². The Bertz CT molecular complexity index is 753. The maximum Gasteiger partial charge on any atom is 0.255 e. The van der Waals surface area contributed by atoms with Crippen LogP contribution in [0.3, 0.4) is 0 Å². The summed E-state index contributed by atoms with van der Waals surface area (Å²) >= 11 is 0. The highest BCUT2D eigenvalue weighted by Gasteiger charge is 2.22. The van der Waals surface area contributed by atoms with E-state index in [2.05, 4.69) is 40.2 Å². The molecule has 4 heteroatoms. The van der Waals surface area contributed by atoms with E-state index < -0.39 is 0 Å². The molecule has 28 heavy (non-hydrogen) atoms. The van der Waals surface area contributed by atoms with E-state index in [4.69, 9.17) is 0 Å². The first kappa shape index (κ1) is 19.0. The van der Waals surface area contributed by atoms with Crippen molar-refractivity contribution in [2.24, 2.45) is 5.92 Å². The topological polar surface area (TPSA) is 36.4 Å². The van der Waals surface area contributed by atoms with E-state index in [1.165, 1.54) is 31.2 Å². The number of likely N-dealkylation sites (tertiary alicyclic amines) is 1. The standard InChI is InChI=1S/C24H31N3O/c28-24(26-15-5-2-6-16-26)22-13-14-23(25-18-22)27-17-7-10-21(19-27)12-11-20-8-3-1-4-9-20/h1,3-4,8-9,13-14,18,21H,2,5-7,10-12,15-17,19H2/t21-/m1/s1. The van der Waals surface area contributed by atoms with Gasteiger partial charge in [-0.25, -0.2) is 4.98 Å². The Morgan fingerprint density at radius 3 is 2.54 bits per heavy atom. The van der Waals surface area contributed by atoms with Crippen molar-refractivity contribution in [3.8, 4) is 0 Å². The van der Waals surface area contributed by atoms with E-state index >= 15 is 0 Å². The largest absolute Gasteiger partial charge is 0.356 e. The van der Waals surface area contributed by atoms with E-state index in [1.54, 1.807) is 6.20 Å². The van der Waals surface area contributed by atoms with Gasteiger partial charge in [0.25, 0.3) is 5.91 Å². The first-order valence-corrected chi connectivity index (χ1v) is 10.8. The monoisotopic (exact) mass is 377 g/mol. The summed E-state index contributed by atoms with van der Waals surface area (Å²) in [5, 5.41) is 0. The van der Waals surface area contributed by atoms with Gasteiger partial charge in [-0.3, -0.25) is 4.79 Å². The van der Waals surface area contributed by atoms with Crippen molar-refractivity contribution in [1.29, 1.82) is 0 Å². The van der Waals surface area contributed by atoms with Crippen molar-refractivity contribution < 1.29 is 4.79 Å². The molecule has 2 saturated heterocycles. The maximum absolute atomic E-state index is 12.6. The summed E-state index contributed by atoms with van der Waals surface area (Å²) in [6.07, 6.45) is 10.2. The molecule has 4 rings (SSSR count). The zero-order chi connectivity index (χ0) is 19.2. The molecule has 2 fully saturated rings. The van der Waals surface area contributed by atoms with Crippen molar-refractivity contribution in [2.45, 2.75) is 44.9 Å². The van der Waals surface area contributed by atoms with Gasteiger partial charge in [0.05, 0.1) is 5.56 Å². The van der Waals surface area contributed by atoms with Crippen LogP contribution in [0.4, 0.5) is 5.82 Å². The van der Waals surface area contributed by atoms with Crippen LogP contribution in [0.25, 0.3) is 0 Å². The molecule has 0 spiro atoms. The number of aromatic nitrogens is 1. The van der Waals surface area contributed by atoms with Crippen molar-refractivity contribution in [1.82, 2.24) is 9.88 Å². The third-order valence-corrected chi connectivity index (χ3v) is 6.17. The third kappa shape index (κ3) is 4.73. The van der Waals surface area contributed by atoms with Crippen LogP contribution in [0.1, 0.15) is 54.4 Å². The average Bonchev–Trinajstić information content (AvgIpc) is 2.79. The lowest BCUT2D eigenvalue weighted by Crippen LogP contribution is -2.37. The van der Waals surface area contributed by atoms with Crippen LogP contribution in [0.15, 0.2) is 48.7 Å². The molecule has 1 aromatic carbocycles. The van der Waals surface area contributed by atoms with E-state index in [9.17, 15) is 4.79 Å². The number of benzene rings is 1. The number of amides is 1. The number of pyridine rings is 1. The molecule has 0 aliphatic carbocycles. The first-order chi connectivity index (χ1) is 13.8. The van der Waals surface area contributed by atoms with Crippen LogP contribution < -0.4 is 4.90 Å². The number of hydrogen-bond donors (Lipinski definition) is 0. The van der Waals surface area contributed by atoms with Gasteiger partial charge in [-0.15, -0.1) is 0 Å². The molecular formula is C24H31N3O. The number of hydrogen-bond acceptors (Lipinski definition) is 3. The molecule has 1 aromatic heterocycles. The summed E-state index contributed by atoms with van der Waals surface area (Å²) in [7, 11) is 0. The normalized spacial score (nSPS) is 20.2. The summed E-state index contributed by atoms with van der Waals surface area (Å²) in [5.41, 5.74) is 2.15. The quantitative estimate of drug-likeness (QED) is 0.767. The average molecular weight is 378 g/mol. The molecule has 2 aliphatic heterocycles. The lowest BCUT2D eigenvalue weighted by atomic mass is 9.91. The minimum absolute atomic E-state index is 0.137. The van der Waals surface area contributed by atoms with Gasteiger partial charge in [-0.1, -0.05) is 30.3 Å². The molecule has 3 heterocycles. The van der Waals surface area contributed by atoms with Gasteiger partial charge in [-0.2, -0.15) is 0 Å². The molecule has 2 aliphatic rings. The van der Waals surface area contributed by atoms with Crippen molar-refractivity contribution in [3.63, 3.8) is 0 Å². The van der Waals surface area contributed by atoms with Crippen LogP contribution in [-0.4, -0.2) is 42.0 Å². The number of aryl methyl sites for hydroxylation is 1. The van der Waals surface area contributed by atoms with Crippen molar-refractivity contribution in [2.75, 3.05) is 31.1 Å². The van der Waals surface area contributed by atoms with E-state index in [-0.39, 0.29) is 5.91 Å². The molecule has 0 saturated carbocycles. The highest BCUT2D eigenvalue weighted by atomic mass is 16.2. The molecule has 0 unspecified atom stereocenters.